The van der Waals surface area contributed by atoms with Crippen molar-refractivity contribution in [1.29, 1.82) is 0 Å². The van der Waals surface area contributed by atoms with Crippen LogP contribution in [0.2, 0.25) is 0 Å². The van der Waals surface area contributed by atoms with Crippen LogP contribution in [-0.2, 0) is 16.1 Å². The second-order valence-electron chi connectivity index (χ2n) is 11.4. The predicted molar refractivity (Wildman–Crippen MR) is 145 cm³/mol. The Morgan fingerprint density at radius 2 is 1.72 bits per heavy atom. The molecule has 4 heterocycles. The molecule has 5 amide bonds. The number of carboxylic acid groups (broad SMARTS) is 1. The topological polar surface area (TPSA) is 131 Å². The number of nitrogens with zero attached hydrogens (tertiary/aromatic N) is 3. The summed E-state index contributed by atoms with van der Waals surface area (Å²) in [5, 5.41) is 18.3. The monoisotopic (exact) mass is 541 g/mol. The number of carbonyl (C=O) groups is 4. The minimum Gasteiger partial charge on any atom is -0.465 e. The summed E-state index contributed by atoms with van der Waals surface area (Å²) in [6.45, 7) is 4.60. The summed E-state index contributed by atoms with van der Waals surface area (Å²) in [5.74, 6) is -0.370. The van der Waals surface area contributed by atoms with E-state index in [-0.39, 0.29) is 40.8 Å². The van der Waals surface area contributed by atoms with Gasteiger partial charge in [0.25, 0.3) is 0 Å². The average molecular weight is 542 g/mol. The first-order chi connectivity index (χ1) is 18.9. The molecule has 3 fully saturated rings. The molecule has 11 nitrogen and oxygen atoms in total. The van der Waals surface area contributed by atoms with E-state index in [9.17, 15) is 24.3 Å². The van der Waals surface area contributed by atoms with Crippen molar-refractivity contribution in [3.63, 3.8) is 0 Å². The summed E-state index contributed by atoms with van der Waals surface area (Å²) >= 11 is 0. The Morgan fingerprint density at radius 3 is 2.41 bits per heavy atom. The van der Waals surface area contributed by atoms with Crippen molar-refractivity contribution < 1.29 is 28.8 Å². The van der Waals surface area contributed by atoms with Crippen molar-refractivity contribution in [3.8, 4) is 0 Å². The van der Waals surface area contributed by atoms with Crippen molar-refractivity contribution in [1.82, 2.24) is 20.4 Å². The number of hydrogen-bond acceptors (Lipinski definition) is 5. The fourth-order valence-electron chi connectivity index (χ4n) is 7.05. The van der Waals surface area contributed by atoms with Gasteiger partial charge >= 0.3 is 18.0 Å². The molecule has 4 N–H and O–H groups in total. The lowest BCUT2D eigenvalue weighted by atomic mass is 9.94. The molecule has 212 valence electrons. The molecule has 1 atom stereocenters. The molecule has 0 saturated carbocycles. The molecular formula is C28H41N6O5+. The number of nitrogens with one attached hydrogen (secondary N) is 3. The van der Waals surface area contributed by atoms with E-state index >= 15 is 0 Å². The largest absolute Gasteiger partial charge is 0.465 e. The summed E-state index contributed by atoms with van der Waals surface area (Å²) in [7, 11) is 0. The molecule has 1 unspecified atom stereocenters. The number of carbonyl (C=O) groups excluding carboxylic acids is 3. The highest BCUT2D eigenvalue weighted by molar-refractivity contribution is 5.92. The van der Waals surface area contributed by atoms with Gasteiger partial charge in [0.2, 0.25) is 5.91 Å². The third-order valence-electron chi connectivity index (χ3n) is 9.15. The summed E-state index contributed by atoms with van der Waals surface area (Å²) in [5.41, 5.74) is 1.91. The second kappa shape index (κ2) is 11.9. The molecule has 0 bridgehead atoms. The molecule has 1 aromatic carbocycles. The van der Waals surface area contributed by atoms with Crippen molar-refractivity contribution in [2.75, 3.05) is 44.6 Å². The molecular weight excluding hydrogens is 500 g/mol. The Balaban J connectivity index is 1.23. The minimum absolute atomic E-state index is 0.0130. The summed E-state index contributed by atoms with van der Waals surface area (Å²) in [6, 6.07) is 6.75. The smallest absolute Gasteiger partial charge is 0.405 e. The van der Waals surface area contributed by atoms with E-state index in [1.807, 2.05) is 29.2 Å². The zero-order valence-electron chi connectivity index (χ0n) is 22.6. The number of hydrogen-bond donors (Lipinski definition) is 4. The molecule has 0 aliphatic carbocycles. The number of anilines is 1. The lowest BCUT2D eigenvalue weighted by molar-refractivity contribution is -0.886. The van der Waals surface area contributed by atoms with Gasteiger partial charge in [-0.05, 0) is 43.7 Å². The predicted octanol–water partition coefficient (Wildman–Crippen LogP) is 2.33. The van der Waals surface area contributed by atoms with Crippen LogP contribution in [0.15, 0.2) is 24.3 Å². The van der Waals surface area contributed by atoms with E-state index in [0.717, 1.165) is 56.4 Å². The van der Waals surface area contributed by atoms with Crippen LogP contribution >= 0.6 is 0 Å². The van der Waals surface area contributed by atoms with Crippen molar-refractivity contribution in [2.45, 2.75) is 76.0 Å². The van der Waals surface area contributed by atoms with Gasteiger partial charge in [-0.1, -0.05) is 18.2 Å². The molecule has 11 heteroatoms. The maximum absolute atomic E-state index is 14.1. The van der Waals surface area contributed by atoms with Gasteiger partial charge < -0.3 is 30.9 Å². The van der Waals surface area contributed by atoms with Crippen LogP contribution < -0.4 is 16.0 Å². The molecule has 0 radical (unpaired) electrons. The molecule has 1 aromatic rings. The second-order valence-corrected chi connectivity index (χ2v) is 11.4. The number of fused-ring (bicyclic) bond motifs is 1. The van der Waals surface area contributed by atoms with Gasteiger partial charge in [-0.3, -0.25) is 9.28 Å². The lowest BCUT2D eigenvalue weighted by Crippen LogP contribution is -2.68. The zero-order valence-corrected chi connectivity index (χ0v) is 22.6. The molecule has 5 rings (SSSR count). The summed E-state index contributed by atoms with van der Waals surface area (Å²) in [6.07, 6.45) is 4.53. The maximum Gasteiger partial charge on any atom is 0.405 e. The first-order valence-electron chi connectivity index (χ1n) is 14.4. The highest BCUT2D eigenvalue weighted by atomic mass is 16.4. The Bertz CT molecular complexity index is 1080. The van der Waals surface area contributed by atoms with Gasteiger partial charge in [0.15, 0.2) is 6.04 Å². The number of para-hydroxylation sites is 1. The fourth-order valence-corrected chi connectivity index (χ4v) is 7.05. The van der Waals surface area contributed by atoms with E-state index in [1.165, 1.54) is 0 Å². The number of piperidine rings is 3. The van der Waals surface area contributed by atoms with Gasteiger partial charge in [0.05, 0.1) is 25.6 Å². The van der Waals surface area contributed by atoms with E-state index in [0.29, 0.717) is 45.6 Å². The fraction of sp³-hybridized carbons (Fsp3) is 0.643. The van der Waals surface area contributed by atoms with Gasteiger partial charge in [-0.2, -0.15) is 0 Å². The van der Waals surface area contributed by atoms with E-state index in [4.69, 9.17) is 0 Å². The maximum atomic E-state index is 14.1. The number of benzene rings is 1. The van der Waals surface area contributed by atoms with Crippen molar-refractivity contribution >= 4 is 29.6 Å². The average Bonchev–Trinajstić information content (AvgIpc) is 2.96. The van der Waals surface area contributed by atoms with Crippen LogP contribution in [-0.4, -0.2) is 101 Å². The molecule has 39 heavy (non-hydrogen) atoms. The quantitative estimate of drug-likeness (QED) is 0.409. The Hall–Kier alpha value is -3.18. The zero-order chi connectivity index (χ0) is 27.4. The number of rotatable bonds is 6. The first kappa shape index (κ1) is 27.4. The van der Waals surface area contributed by atoms with Crippen LogP contribution in [0.3, 0.4) is 0 Å². The van der Waals surface area contributed by atoms with E-state index < -0.39 is 12.1 Å². The number of urea groups is 1. The van der Waals surface area contributed by atoms with Gasteiger partial charge in [-0.25, -0.2) is 14.4 Å². The molecule has 4 aliphatic rings. The molecule has 0 aromatic heterocycles. The van der Waals surface area contributed by atoms with Gasteiger partial charge in [0.1, 0.15) is 0 Å². The highest BCUT2D eigenvalue weighted by Gasteiger charge is 2.49. The number of amides is 5. The van der Waals surface area contributed by atoms with E-state index in [1.54, 1.807) is 4.90 Å². The van der Waals surface area contributed by atoms with Crippen LogP contribution in [0, 0.1) is 0 Å². The molecule has 3 saturated heterocycles. The SMILES string of the molecule is O=C(O)NC(CC(=O)N1CCC(N2Cc3ccccc3NC2=O)CC1)C(=O)[N+]1(C2CCNCC2)CCCCC1. The van der Waals surface area contributed by atoms with E-state index in [2.05, 4.69) is 16.0 Å². The highest BCUT2D eigenvalue weighted by Crippen LogP contribution is 2.31. The van der Waals surface area contributed by atoms with Crippen LogP contribution in [0.1, 0.15) is 56.9 Å². The molecule has 0 spiro atoms. The van der Waals surface area contributed by atoms with Crippen molar-refractivity contribution in [2.24, 2.45) is 0 Å². The molecule has 4 aliphatic heterocycles. The van der Waals surface area contributed by atoms with Crippen LogP contribution in [0.5, 0.6) is 0 Å². The summed E-state index contributed by atoms with van der Waals surface area (Å²) < 4.78 is 0.285. The van der Waals surface area contributed by atoms with Crippen molar-refractivity contribution in [3.05, 3.63) is 29.8 Å². The summed E-state index contributed by atoms with van der Waals surface area (Å²) in [4.78, 5) is 55.5. The van der Waals surface area contributed by atoms with Gasteiger partial charge in [0, 0.05) is 57.3 Å². The van der Waals surface area contributed by atoms with Crippen LogP contribution in [0.25, 0.3) is 0 Å². The lowest BCUT2D eigenvalue weighted by Gasteiger charge is -2.47. The van der Waals surface area contributed by atoms with Gasteiger partial charge in [-0.15, -0.1) is 0 Å². The standard InChI is InChI=1S/C28H40N6O5/c35-25(32-14-10-21(11-15-32)33-19-20-6-2-3-7-23(20)30-27(33)37)18-24(31-28(38)39)26(36)34(16-4-1-5-17-34)22-8-12-29-13-9-22/h2-3,6-7,21-22,24,29,31H,1,4-5,8-19H2,(H-,30,37,38,39)/p+1. The first-order valence-corrected chi connectivity index (χ1v) is 14.4. The third-order valence-corrected chi connectivity index (χ3v) is 9.15. The third kappa shape index (κ3) is 5.89. The Kier molecular flexibility index (Phi) is 8.37. The number of likely N-dealkylation sites (tertiary alicyclic amines) is 2. The number of quaternary nitrogens is 1. The Morgan fingerprint density at radius 1 is 1.03 bits per heavy atom. The Labute approximate surface area is 229 Å². The normalized spacial score (nSPS) is 22.9. The minimum atomic E-state index is -1.28. The van der Waals surface area contributed by atoms with Crippen LogP contribution in [0.4, 0.5) is 15.3 Å².